The van der Waals surface area contributed by atoms with Gasteiger partial charge in [-0.3, -0.25) is 14.9 Å². The number of hydrazone groups is 1. The number of hydrogen-bond donors (Lipinski definition) is 1. The van der Waals surface area contributed by atoms with Crippen molar-refractivity contribution in [2.45, 2.75) is 0 Å². The summed E-state index contributed by atoms with van der Waals surface area (Å²) in [6.45, 7) is -0.239. The molecule has 0 heterocycles. The highest BCUT2D eigenvalue weighted by molar-refractivity contribution is 9.10. The fourth-order valence-electron chi connectivity index (χ4n) is 1.80. The summed E-state index contributed by atoms with van der Waals surface area (Å²) in [6.07, 6.45) is 1.31. The lowest BCUT2D eigenvalue weighted by molar-refractivity contribution is -0.384. The normalized spacial score (nSPS) is 10.5. The third-order valence-corrected chi connectivity index (χ3v) is 3.60. The number of ether oxygens (including phenoxy) is 2. The van der Waals surface area contributed by atoms with Gasteiger partial charge in [-0.2, -0.15) is 5.10 Å². The van der Waals surface area contributed by atoms with Crippen LogP contribution in [0.25, 0.3) is 0 Å². The Kier molecular flexibility index (Phi) is 6.47. The zero-order valence-electron chi connectivity index (χ0n) is 13.1. The van der Waals surface area contributed by atoms with E-state index in [4.69, 9.17) is 9.47 Å². The summed E-state index contributed by atoms with van der Waals surface area (Å²) in [7, 11) is 1.55. The maximum atomic E-state index is 11.7. The largest absolute Gasteiger partial charge is 0.497 e. The molecule has 0 aliphatic heterocycles. The molecule has 8 nitrogen and oxygen atoms in total. The molecule has 0 spiro atoms. The van der Waals surface area contributed by atoms with Crippen LogP contribution in [0.1, 0.15) is 5.56 Å². The molecule has 0 atom stereocenters. The second kappa shape index (κ2) is 8.78. The molecule has 2 aromatic carbocycles. The summed E-state index contributed by atoms with van der Waals surface area (Å²) in [5.41, 5.74) is 2.73. The van der Waals surface area contributed by atoms with Gasteiger partial charge < -0.3 is 9.47 Å². The number of nitrogens with one attached hydrogen (secondary N) is 1. The van der Waals surface area contributed by atoms with Crippen molar-refractivity contribution >= 4 is 33.7 Å². The first-order valence-electron chi connectivity index (χ1n) is 7.02. The molecule has 1 amide bonds. The maximum absolute atomic E-state index is 11.7. The van der Waals surface area contributed by atoms with E-state index in [-0.39, 0.29) is 12.3 Å². The fourth-order valence-corrected chi connectivity index (χ4v) is 2.27. The second-order valence-corrected chi connectivity index (χ2v) is 5.58. The van der Waals surface area contributed by atoms with Crippen LogP contribution in [0.5, 0.6) is 11.5 Å². The third-order valence-electron chi connectivity index (χ3n) is 2.98. The van der Waals surface area contributed by atoms with Crippen LogP contribution >= 0.6 is 15.9 Å². The monoisotopic (exact) mass is 407 g/mol. The summed E-state index contributed by atoms with van der Waals surface area (Å²) in [5.74, 6) is 0.674. The Hall–Kier alpha value is -2.94. The van der Waals surface area contributed by atoms with Gasteiger partial charge in [-0.15, -0.1) is 0 Å². The zero-order valence-corrected chi connectivity index (χ0v) is 14.7. The van der Waals surface area contributed by atoms with Crippen molar-refractivity contribution in [2.24, 2.45) is 5.10 Å². The molecule has 1 N–H and O–H groups in total. The SMILES string of the molecule is COc1ccc(OCC(=O)N/N=C/c2cccc([N+](=O)[O-])c2)c(Br)c1. The number of methoxy groups -OCH3 is 1. The Bertz CT molecular complexity index is 810. The summed E-state index contributed by atoms with van der Waals surface area (Å²) < 4.78 is 11.1. The Morgan fingerprint density at radius 3 is 2.84 bits per heavy atom. The molecule has 0 bridgehead atoms. The van der Waals surface area contributed by atoms with Crippen LogP contribution in [0, 0.1) is 10.1 Å². The highest BCUT2D eigenvalue weighted by Gasteiger charge is 2.07. The lowest BCUT2D eigenvalue weighted by atomic mass is 10.2. The number of nitro benzene ring substituents is 1. The molecule has 0 radical (unpaired) electrons. The molecule has 0 aliphatic rings. The quantitative estimate of drug-likeness (QED) is 0.431. The van der Waals surface area contributed by atoms with E-state index in [9.17, 15) is 14.9 Å². The van der Waals surface area contributed by atoms with E-state index >= 15 is 0 Å². The van der Waals surface area contributed by atoms with E-state index in [2.05, 4.69) is 26.5 Å². The molecule has 0 aromatic heterocycles. The van der Waals surface area contributed by atoms with Gasteiger partial charge in [-0.25, -0.2) is 5.43 Å². The summed E-state index contributed by atoms with van der Waals surface area (Å²) in [4.78, 5) is 21.9. The fraction of sp³-hybridized carbons (Fsp3) is 0.125. The number of halogens is 1. The minimum Gasteiger partial charge on any atom is -0.497 e. The van der Waals surface area contributed by atoms with Crippen molar-refractivity contribution < 1.29 is 19.2 Å². The third kappa shape index (κ3) is 5.57. The summed E-state index contributed by atoms with van der Waals surface area (Å²) in [6, 6.07) is 11.0. The van der Waals surface area contributed by atoms with Gasteiger partial charge in [0.15, 0.2) is 6.61 Å². The number of non-ortho nitro benzene ring substituents is 1. The van der Waals surface area contributed by atoms with Gasteiger partial charge in [0.1, 0.15) is 11.5 Å². The highest BCUT2D eigenvalue weighted by Crippen LogP contribution is 2.28. The van der Waals surface area contributed by atoms with E-state index in [1.165, 1.54) is 24.4 Å². The molecular formula is C16H14BrN3O5. The highest BCUT2D eigenvalue weighted by atomic mass is 79.9. The molecule has 2 aromatic rings. The number of rotatable bonds is 7. The molecule has 130 valence electrons. The summed E-state index contributed by atoms with van der Waals surface area (Å²) in [5, 5.41) is 14.4. The maximum Gasteiger partial charge on any atom is 0.277 e. The van der Waals surface area contributed by atoms with E-state index in [0.29, 0.717) is 21.5 Å². The summed E-state index contributed by atoms with van der Waals surface area (Å²) >= 11 is 3.32. The molecule has 0 fully saturated rings. The van der Waals surface area contributed by atoms with Crippen LogP contribution in [0.2, 0.25) is 0 Å². The van der Waals surface area contributed by atoms with Gasteiger partial charge >= 0.3 is 0 Å². The van der Waals surface area contributed by atoms with E-state index < -0.39 is 10.8 Å². The number of amides is 1. The van der Waals surface area contributed by atoms with Gasteiger partial charge in [0.25, 0.3) is 11.6 Å². The number of nitro groups is 1. The van der Waals surface area contributed by atoms with Gasteiger partial charge in [0.2, 0.25) is 0 Å². The number of nitrogens with zero attached hydrogens (tertiary/aromatic N) is 2. The van der Waals surface area contributed by atoms with Crippen LogP contribution in [0.3, 0.4) is 0 Å². The van der Waals surface area contributed by atoms with Gasteiger partial charge in [0.05, 0.1) is 22.7 Å². The van der Waals surface area contributed by atoms with E-state index in [1.807, 2.05) is 0 Å². The molecule has 0 aliphatic carbocycles. The van der Waals surface area contributed by atoms with Gasteiger partial charge in [0, 0.05) is 17.7 Å². The number of benzene rings is 2. The molecule has 0 saturated heterocycles. The van der Waals surface area contributed by atoms with Gasteiger partial charge in [-0.05, 0) is 34.1 Å². The lowest BCUT2D eigenvalue weighted by Crippen LogP contribution is -2.24. The Labute approximate surface area is 151 Å². The van der Waals surface area contributed by atoms with Gasteiger partial charge in [-0.1, -0.05) is 12.1 Å². The average molecular weight is 408 g/mol. The van der Waals surface area contributed by atoms with Crippen molar-refractivity contribution in [1.29, 1.82) is 0 Å². The first kappa shape index (κ1) is 18.4. The Balaban J connectivity index is 1.86. The van der Waals surface area contributed by atoms with E-state index in [1.54, 1.807) is 31.4 Å². The Morgan fingerprint density at radius 1 is 1.36 bits per heavy atom. The molecule has 0 unspecified atom stereocenters. The predicted molar refractivity (Wildman–Crippen MR) is 95.0 cm³/mol. The molecule has 25 heavy (non-hydrogen) atoms. The van der Waals surface area contributed by atoms with Crippen molar-refractivity contribution in [3.05, 3.63) is 62.6 Å². The van der Waals surface area contributed by atoms with E-state index in [0.717, 1.165) is 0 Å². The van der Waals surface area contributed by atoms with Crippen LogP contribution in [0.15, 0.2) is 52.0 Å². The van der Waals surface area contributed by atoms with Crippen LogP contribution < -0.4 is 14.9 Å². The van der Waals surface area contributed by atoms with Crippen molar-refractivity contribution in [1.82, 2.24) is 5.43 Å². The first-order valence-corrected chi connectivity index (χ1v) is 7.81. The van der Waals surface area contributed by atoms with Crippen molar-refractivity contribution in [3.8, 4) is 11.5 Å². The van der Waals surface area contributed by atoms with Crippen molar-refractivity contribution in [2.75, 3.05) is 13.7 Å². The van der Waals surface area contributed by atoms with Crippen molar-refractivity contribution in [3.63, 3.8) is 0 Å². The first-order chi connectivity index (χ1) is 12.0. The predicted octanol–water partition coefficient (Wildman–Crippen LogP) is 2.90. The molecule has 9 heteroatoms. The smallest absolute Gasteiger partial charge is 0.277 e. The number of carbonyl (C=O) groups is 1. The zero-order chi connectivity index (χ0) is 18.2. The number of carbonyl (C=O) groups excluding carboxylic acids is 1. The van der Waals surface area contributed by atoms with Crippen LogP contribution in [0.4, 0.5) is 5.69 Å². The lowest BCUT2D eigenvalue weighted by Gasteiger charge is -2.08. The number of hydrogen-bond acceptors (Lipinski definition) is 6. The van der Waals surface area contributed by atoms with Crippen LogP contribution in [-0.4, -0.2) is 30.8 Å². The minimum atomic E-state index is -0.503. The average Bonchev–Trinajstić information content (AvgIpc) is 2.60. The topological polar surface area (TPSA) is 103 Å². The molecular weight excluding hydrogens is 394 g/mol. The molecule has 0 saturated carbocycles. The standard InChI is InChI=1S/C16H14BrN3O5/c1-24-13-5-6-15(14(17)8-13)25-10-16(21)19-18-9-11-3-2-4-12(7-11)20(22)23/h2-9H,10H2,1H3,(H,19,21)/b18-9+. The molecule has 2 rings (SSSR count). The Morgan fingerprint density at radius 2 is 2.16 bits per heavy atom. The second-order valence-electron chi connectivity index (χ2n) is 4.73. The van der Waals surface area contributed by atoms with Crippen LogP contribution in [-0.2, 0) is 4.79 Å². The minimum absolute atomic E-state index is 0.0528.